The Labute approximate surface area is 122 Å². The highest BCUT2D eigenvalue weighted by Gasteiger charge is 2.06. The van der Waals surface area contributed by atoms with E-state index in [2.05, 4.69) is 5.32 Å². The van der Waals surface area contributed by atoms with E-state index in [9.17, 15) is 4.79 Å². The maximum Gasteiger partial charge on any atom is 0.262 e. The topological polar surface area (TPSA) is 64.3 Å². The van der Waals surface area contributed by atoms with Gasteiger partial charge >= 0.3 is 0 Å². The molecule has 2 aromatic rings. The molecule has 4 nitrogen and oxygen atoms in total. The molecule has 2 rings (SSSR count). The number of carbonyl (C=O) groups excluding carboxylic acids is 1. The molecule has 104 valence electrons. The minimum absolute atomic E-state index is 0.104. The van der Waals surface area contributed by atoms with Crippen molar-refractivity contribution in [3.05, 3.63) is 53.1 Å². The van der Waals surface area contributed by atoms with Gasteiger partial charge < -0.3 is 15.8 Å². The van der Waals surface area contributed by atoms with Crippen LogP contribution >= 0.6 is 11.6 Å². The molecule has 0 fully saturated rings. The van der Waals surface area contributed by atoms with E-state index in [1.54, 1.807) is 36.4 Å². The first-order chi connectivity index (χ1) is 9.54. The number of aryl methyl sites for hydroxylation is 1. The molecule has 0 unspecified atom stereocenters. The van der Waals surface area contributed by atoms with E-state index < -0.39 is 0 Å². The van der Waals surface area contributed by atoms with Gasteiger partial charge in [-0.1, -0.05) is 23.7 Å². The van der Waals surface area contributed by atoms with Crippen LogP contribution in [0, 0.1) is 6.92 Å². The molecule has 0 aromatic heterocycles. The second-order valence-electron chi connectivity index (χ2n) is 4.38. The Balaban J connectivity index is 1.92. The Morgan fingerprint density at radius 1 is 1.30 bits per heavy atom. The number of anilines is 2. The van der Waals surface area contributed by atoms with Gasteiger partial charge in [-0.15, -0.1) is 0 Å². The minimum Gasteiger partial charge on any atom is -0.484 e. The summed E-state index contributed by atoms with van der Waals surface area (Å²) < 4.78 is 5.35. The molecule has 0 bridgehead atoms. The van der Waals surface area contributed by atoms with E-state index in [0.29, 0.717) is 22.1 Å². The number of nitrogens with two attached hydrogens (primary N) is 1. The molecule has 0 aliphatic heterocycles. The molecule has 20 heavy (non-hydrogen) atoms. The second kappa shape index (κ2) is 6.30. The maximum absolute atomic E-state index is 11.8. The summed E-state index contributed by atoms with van der Waals surface area (Å²) >= 11 is 5.83. The van der Waals surface area contributed by atoms with Crippen LogP contribution in [0.2, 0.25) is 5.02 Å². The maximum atomic E-state index is 11.8. The summed E-state index contributed by atoms with van der Waals surface area (Å²) in [5.74, 6) is 0.269. The first-order valence-corrected chi connectivity index (χ1v) is 6.47. The van der Waals surface area contributed by atoms with Gasteiger partial charge in [0.1, 0.15) is 5.75 Å². The van der Waals surface area contributed by atoms with Crippen LogP contribution < -0.4 is 15.8 Å². The zero-order valence-corrected chi connectivity index (χ0v) is 11.8. The Bertz CT molecular complexity index is 629. The highest BCUT2D eigenvalue weighted by atomic mass is 35.5. The van der Waals surface area contributed by atoms with Gasteiger partial charge in [0.15, 0.2) is 6.61 Å². The number of amides is 1. The lowest BCUT2D eigenvalue weighted by Crippen LogP contribution is -2.20. The largest absolute Gasteiger partial charge is 0.484 e. The monoisotopic (exact) mass is 290 g/mol. The number of hydrogen-bond acceptors (Lipinski definition) is 3. The van der Waals surface area contributed by atoms with Crippen molar-refractivity contribution in [1.29, 1.82) is 0 Å². The van der Waals surface area contributed by atoms with Crippen LogP contribution in [-0.4, -0.2) is 12.5 Å². The standard InChI is InChI=1S/C15H15ClN2O2/c1-10-5-6-14(13(17)7-10)18-15(19)9-20-12-4-2-3-11(16)8-12/h2-8H,9,17H2,1H3,(H,18,19). The minimum atomic E-state index is -0.277. The van der Waals surface area contributed by atoms with E-state index >= 15 is 0 Å². The predicted molar refractivity (Wildman–Crippen MR) is 81.2 cm³/mol. The first-order valence-electron chi connectivity index (χ1n) is 6.09. The van der Waals surface area contributed by atoms with Crippen LogP contribution in [0.4, 0.5) is 11.4 Å². The van der Waals surface area contributed by atoms with Crippen LogP contribution in [-0.2, 0) is 4.79 Å². The molecular formula is C15H15ClN2O2. The summed E-state index contributed by atoms with van der Waals surface area (Å²) in [6, 6.07) is 12.3. The summed E-state index contributed by atoms with van der Waals surface area (Å²) in [6.07, 6.45) is 0. The highest BCUT2D eigenvalue weighted by molar-refractivity contribution is 6.30. The van der Waals surface area contributed by atoms with E-state index in [-0.39, 0.29) is 12.5 Å². The molecule has 0 aliphatic rings. The molecule has 0 heterocycles. The van der Waals surface area contributed by atoms with Gasteiger partial charge in [0.05, 0.1) is 11.4 Å². The number of ether oxygens (including phenoxy) is 1. The molecule has 0 saturated carbocycles. The van der Waals surface area contributed by atoms with E-state index in [0.717, 1.165) is 5.56 Å². The average Bonchev–Trinajstić information content (AvgIpc) is 2.40. The molecule has 0 spiro atoms. The van der Waals surface area contributed by atoms with Gasteiger partial charge in [-0.25, -0.2) is 0 Å². The number of hydrogen-bond donors (Lipinski definition) is 2. The lowest BCUT2D eigenvalue weighted by molar-refractivity contribution is -0.118. The molecule has 0 saturated heterocycles. The third kappa shape index (κ3) is 3.90. The zero-order chi connectivity index (χ0) is 14.5. The van der Waals surface area contributed by atoms with E-state index in [4.69, 9.17) is 22.1 Å². The Morgan fingerprint density at radius 2 is 2.10 bits per heavy atom. The molecule has 2 aromatic carbocycles. The third-order valence-corrected chi connectivity index (χ3v) is 2.88. The fourth-order valence-corrected chi connectivity index (χ4v) is 1.87. The number of nitrogens with one attached hydrogen (secondary N) is 1. The molecule has 0 aliphatic carbocycles. The summed E-state index contributed by atoms with van der Waals surface area (Å²) in [4.78, 5) is 11.8. The van der Waals surface area contributed by atoms with Crippen molar-refractivity contribution in [3.63, 3.8) is 0 Å². The smallest absolute Gasteiger partial charge is 0.262 e. The third-order valence-electron chi connectivity index (χ3n) is 2.65. The molecule has 0 radical (unpaired) electrons. The lowest BCUT2D eigenvalue weighted by atomic mass is 10.2. The van der Waals surface area contributed by atoms with Gasteiger partial charge in [-0.05, 0) is 42.8 Å². The van der Waals surface area contributed by atoms with E-state index in [1.807, 2.05) is 13.0 Å². The highest BCUT2D eigenvalue weighted by Crippen LogP contribution is 2.20. The van der Waals surface area contributed by atoms with Crippen LogP contribution in [0.25, 0.3) is 0 Å². The van der Waals surface area contributed by atoms with Gasteiger partial charge in [0, 0.05) is 5.02 Å². The quantitative estimate of drug-likeness (QED) is 0.850. The SMILES string of the molecule is Cc1ccc(NC(=O)COc2cccc(Cl)c2)c(N)c1. The fourth-order valence-electron chi connectivity index (χ4n) is 1.69. The van der Waals surface area contributed by atoms with Crippen molar-refractivity contribution in [3.8, 4) is 5.75 Å². The number of nitrogen functional groups attached to an aromatic ring is 1. The Kier molecular flexibility index (Phi) is 4.48. The van der Waals surface area contributed by atoms with Crippen molar-refractivity contribution in [1.82, 2.24) is 0 Å². The number of rotatable bonds is 4. The summed E-state index contributed by atoms with van der Waals surface area (Å²) in [5, 5.41) is 3.26. The van der Waals surface area contributed by atoms with Crippen molar-refractivity contribution in [2.75, 3.05) is 17.7 Å². The van der Waals surface area contributed by atoms with Crippen molar-refractivity contribution in [2.24, 2.45) is 0 Å². The predicted octanol–water partition coefficient (Wildman–Crippen LogP) is 3.25. The Hall–Kier alpha value is -2.20. The average molecular weight is 291 g/mol. The van der Waals surface area contributed by atoms with Gasteiger partial charge in [0.2, 0.25) is 0 Å². The molecule has 3 N–H and O–H groups in total. The normalized spacial score (nSPS) is 10.1. The first kappa shape index (κ1) is 14.2. The van der Waals surface area contributed by atoms with Crippen LogP contribution in [0.5, 0.6) is 5.75 Å². The van der Waals surface area contributed by atoms with Crippen LogP contribution in [0.3, 0.4) is 0 Å². The van der Waals surface area contributed by atoms with Crippen LogP contribution in [0.15, 0.2) is 42.5 Å². The number of halogens is 1. The van der Waals surface area contributed by atoms with Crippen molar-refractivity contribution in [2.45, 2.75) is 6.92 Å². The Morgan fingerprint density at radius 3 is 2.80 bits per heavy atom. The summed E-state index contributed by atoms with van der Waals surface area (Å²) in [5.41, 5.74) is 7.97. The van der Waals surface area contributed by atoms with E-state index in [1.165, 1.54) is 0 Å². The number of benzene rings is 2. The summed E-state index contributed by atoms with van der Waals surface area (Å²) in [7, 11) is 0. The van der Waals surface area contributed by atoms with Crippen molar-refractivity contribution < 1.29 is 9.53 Å². The van der Waals surface area contributed by atoms with Crippen LogP contribution in [0.1, 0.15) is 5.56 Å². The van der Waals surface area contributed by atoms with Gasteiger partial charge in [0.25, 0.3) is 5.91 Å². The van der Waals surface area contributed by atoms with Crippen molar-refractivity contribution >= 4 is 28.9 Å². The van der Waals surface area contributed by atoms with Gasteiger partial charge in [-0.2, -0.15) is 0 Å². The molecule has 5 heteroatoms. The van der Waals surface area contributed by atoms with Gasteiger partial charge in [-0.3, -0.25) is 4.79 Å². The second-order valence-corrected chi connectivity index (χ2v) is 4.82. The fraction of sp³-hybridized carbons (Fsp3) is 0.133. The number of carbonyl (C=O) groups is 1. The zero-order valence-electron chi connectivity index (χ0n) is 11.0. The lowest BCUT2D eigenvalue weighted by Gasteiger charge is -2.10. The molecular weight excluding hydrogens is 276 g/mol. The molecule has 0 atom stereocenters. The summed E-state index contributed by atoms with van der Waals surface area (Å²) in [6.45, 7) is 1.83. The molecule has 1 amide bonds.